The number of nitrogens with zero attached hydrogens (tertiary/aromatic N) is 1. The van der Waals surface area contributed by atoms with Gasteiger partial charge in [-0.05, 0) is 61.1 Å². The highest BCUT2D eigenvalue weighted by Gasteiger charge is 2.31. The SMILES string of the molecule is Cc1c(C(=O)C(N)=O)c2c(OC(C=O)NS(=O)(=O)c3ccccc3)cc3c(c2n1Cc1ccccc1)CCC3. The summed E-state index contributed by atoms with van der Waals surface area (Å²) in [6.07, 6.45) is 1.13. The molecule has 0 aliphatic heterocycles. The summed E-state index contributed by atoms with van der Waals surface area (Å²) in [4.78, 5) is 37.2. The van der Waals surface area contributed by atoms with Gasteiger partial charge in [0.05, 0.1) is 21.4 Å². The molecule has 3 aromatic carbocycles. The van der Waals surface area contributed by atoms with E-state index < -0.39 is 27.9 Å². The number of benzene rings is 3. The maximum atomic E-state index is 13.1. The van der Waals surface area contributed by atoms with E-state index in [-0.39, 0.29) is 16.2 Å². The molecule has 1 heterocycles. The smallest absolute Gasteiger partial charge is 0.289 e. The maximum absolute atomic E-state index is 13.1. The Morgan fingerprint density at radius 1 is 1.08 bits per heavy atom. The zero-order valence-corrected chi connectivity index (χ0v) is 22.0. The normalized spacial score (nSPS) is 13.7. The third kappa shape index (κ3) is 4.96. The Labute approximate surface area is 225 Å². The van der Waals surface area contributed by atoms with Crippen LogP contribution in [0.3, 0.4) is 0 Å². The molecule has 0 radical (unpaired) electrons. The fourth-order valence-electron chi connectivity index (χ4n) is 5.21. The Balaban J connectivity index is 1.68. The number of aldehydes is 1. The summed E-state index contributed by atoms with van der Waals surface area (Å²) < 4.78 is 36.0. The molecule has 0 fully saturated rings. The molecule has 39 heavy (non-hydrogen) atoms. The van der Waals surface area contributed by atoms with E-state index in [2.05, 4.69) is 4.72 Å². The molecule has 0 spiro atoms. The van der Waals surface area contributed by atoms with Crippen LogP contribution in [0.25, 0.3) is 10.9 Å². The zero-order valence-electron chi connectivity index (χ0n) is 21.2. The van der Waals surface area contributed by atoms with Gasteiger partial charge in [0.2, 0.25) is 16.3 Å². The summed E-state index contributed by atoms with van der Waals surface area (Å²) in [7, 11) is -4.09. The maximum Gasteiger partial charge on any atom is 0.289 e. The van der Waals surface area contributed by atoms with Gasteiger partial charge in [-0.25, -0.2) is 8.42 Å². The average molecular weight is 546 g/mol. The van der Waals surface area contributed by atoms with Crippen molar-refractivity contribution in [2.75, 3.05) is 0 Å². The molecule has 5 rings (SSSR count). The van der Waals surface area contributed by atoms with Crippen molar-refractivity contribution in [3.63, 3.8) is 0 Å². The number of aromatic nitrogens is 1. The van der Waals surface area contributed by atoms with Crippen molar-refractivity contribution in [3.8, 4) is 5.75 Å². The Morgan fingerprint density at radius 3 is 2.38 bits per heavy atom. The van der Waals surface area contributed by atoms with Crippen LogP contribution in [0.15, 0.2) is 71.6 Å². The molecule has 1 aliphatic rings. The highest BCUT2D eigenvalue weighted by Crippen LogP contribution is 2.42. The Morgan fingerprint density at radius 2 is 1.74 bits per heavy atom. The third-order valence-electron chi connectivity index (χ3n) is 6.96. The molecule has 0 bridgehead atoms. The van der Waals surface area contributed by atoms with E-state index in [0.29, 0.717) is 29.4 Å². The van der Waals surface area contributed by atoms with Crippen molar-refractivity contribution in [2.24, 2.45) is 5.73 Å². The molecule has 1 unspecified atom stereocenters. The number of rotatable bonds is 10. The van der Waals surface area contributed by atoms with Gasteiger partial charge in [-0.2, -0.15) is 4.72 Å². The number of nitrogens with one attached hydrogen (secondary N) is 1. The predicted octanol–water partition coefficient (Wildman–Crippen LogP) is 3.04. The Hall–Kier alpha value is -4.28. The van der Waals surface area contributed by atoms with Gasteiger partial charge in [0.1, 0.15) is 5.75 Å². The molecule has 0 saturated heterocycles. The molecule has 3 N–H and O–H groups in total. The number of hydrogen-bond donors (Lipinski definition) is 2. The lowest BCUT2D eigenvalue weighted by atomic mass is 10.0. The van der Waals surface area contributed by atoms with E-state index in [1.54, 1.807) is 31.2 Å². The minimum atomic E-state index is -4.09. The van der Waals surface area contributed by atoms with Crippen LogP contribution in [0, 0.1) is 6.92 Å². The fraction of sp³-hybridized carbons (Fsp3) is 0.207. The van der Waals surface area contributed by atoms with Crippen LogP contribution in [0.2, 0.25) is 0 Å². The van der Waals surface area contributed by atoms with Crippen LogP contribution in [0.5, 0.6) is 5.75 Å². The standard InChI is InChI=1S/C29H27N3O6S/c1-18-25(28(34)29(30)35)26-23(38-24(17-33)31-39(36,37)21-12-6-3-7-13-21)15-20-11-8-14-22(20)27(26)32(18)16-19-9-4-2-5-10-19/h2-7,9-10,12-13,15,17,24,31H,8,11,14,16H2,1H3,(H2,30,35). The summed E-state index contributed by atoms with van der Waals surface area (Å²) in [5.74, 6) is -1.89. The fourth-order valence-corrected chi connectivity index (χ4v) is 6.27. The molecule has 1 aromatic heterocycles. The second-order valence-electron chi connectivity index (χ2n) is 9.42. The number of hydrogen-bond acceptors (Lipinski definition) is 6. The molecule has 1 atom stereocenters. The summed E-state index contributed by atoms with van der Waals surface area (Å²) >= 11 is 0. The van der Waals surface area contributed by atoms with Gasteiger partial charge in [-0.3, -0.25) is 14.4 Å². The highest BCUT2D eigenvalue weighted by atomic mass is 32.2. The molecule has 200 valence electrons. The van der Waals surface area contributed by atoms with Gasteiger partial charge in [-0.1, -0.05) is 48.5 Å². The van der Waals surface area contributed by atoms with Crippen molar-refractivity contribution < 1.29 is 27.5 Å². The van der Waals surface area contributed by atoms with E-state index >= 15 is 0 Å². The van der Waals surface area contributed by atoms with E-state index in [9.17, 15) is 22.8 Å². The van der Waals surface area contributed by atoms with Gasteiger partial charge in [0.25, 0.3) is 11.7 Å². The van der Waals surface area contributed by atoms with Crippen LogP contribution >= 0.6 is 0 Å². The molecular weight excluding hydrogens is 518 g/mol. The third-order valence-corrected chi connectivity index (χ3v) is 8.39. The minimum Gasteiger partial charge on any atom is -0.467 e. The minimum absolute atomic E-state index is 0.0333. The summed E-state index contributed by atoms with van der Waals surface area (Å²) in [5.41, 5.74) is 9.72. The molecular formula is C29H27N3O6S. The highest BCUT2D eigenvalue weighted by molar-refractivity contribution is 7.89. The largest absolute Gasteiger partial charge is 0.467 e. The number of nitrogens with two attached hydrogens (primary N) is 1. The first-order valence-corrected chi connectivity index (χ1v) is 13.9. The second-order valence-corrected chi connectivity index (χ2v) is 11.1. The molecule has 1 amide bonds. The van der Waals surface area contributed by atoms with Crippen LogP contribution in [-0.2, 0) is 39.0 Å². The van der Waals surface area contributed by atoms with Gasteiger partial charge < -0.3 is 15.0 Å². The van der Waals surface area contributed by atoms with Gasteiger partial charge in [-0.15, -0.1) is 0 Å². The van der Waals surface area contributed by atoms with Gasteiger partial charge >= 0.3 is 0 Å². The quantitative estimate of drug-likeness (QED) is 0.136. The van der Waals surface area contributed by atoms with Crippen molar-refractivity contribution >= 4 is 38.9 Å². The lowest BCUT2D eigenvalue weighted by Gasteiger charge is -2.18. The van der Waals surface area contributed by atoms with E-state index in [4.69, 9.17) is 10.5 Å². The lowest BCUT2D eigenvalue weighted by Crippen LogP contribution is -2.40. The topological polar surface area (TPSA) is 138 Å². The molecule has 10 heteroatoms. The van der Waals surface area contributed by atoms with Gasteiger partial charge in [0.15, 0.2) is 6.29 Å². The predicted molar refractivity (Wildman–Crippen MR) is 145 cm³/mol. The van der Waals surface area contributed by atoms with E-state index in [0.717, 1.165) is 36.0 Å². The number of fused-ring (bicyclic) bond motifs is 3. The van der Waals surface area contributed by atoms with Crippen molar-refractivity contribution in [3.05, 3.63) is 94.7 Å². The van der Waals surface area contributed by atoms with Crippen LogP contribution in [0.1, 0.15) is 39.2 Å². The number of ketones is 1. The van der Waals surface area contributed by atoms with Gasteiger partial charge in [0, 0.05) is 12.2 Å². The monoisotopic (exact) mass is 545 g/mol. The first-order valence-electron chi connectivity index (χ1n) is 12.5. The Bertz CT molecular complexity index is 1700. The number of primary amides is 1. The van der Waals surface area contributed by atoms with Crippen molar-refractivity contribution in [1.82, 2.24) is 9.29 Å². The molecule has 9 nitrogen and oxygen atoms in total. The van der Waals surface area contributed by atoms with Crippen molar-refractivity contribution in [2.45, 2.75) is 43.9 Å². The number of carbonyl (C=O) groups is 3. The number of carbonyl (C=O) groups excluding carboxylic acids is 3. The summed E-state index contributed by atoms with van der Waals surface area (Å²) in [6.45, 7) is 2.16. The van der Waals surface area contributed by atoms with Crippen LogP contribution < -0.4 is 15.2 Å². The number of Topliss-reactive ketones (excluding diaryl/α,β-unsaturated/α-hetero) is 1. The summed E-state index contributed by atoms with van der Waals surface area (Å²) in [5, 5.41) is 0.332. The number of ether oxygens (including phenoxy) is 1. The number of sulfonamides is 1. The van der Waals surface area contributed by atoms with E-state index in [1.807, 2.05) is 34.9 Å². The molecule has 0 saturated carbocycles. The summed E-state index contributed by atoms with van der Waals surface area (Å²) in [6, 6.07) is 19.0. The first-order chi connectivity index (χ1) is 18.7. The lowest BCUT2D eigenvalue weighted by molar-refractivity contribution is -0.114. The number of aryl methyl sites for hydroxylation is 2. The molecule has 4 aromatic rings. The average Bonchev–Trinajstić information content (AvgIpc) is 3.51. The Kier molecular flexibility index (Phi) is 7.07. The number of amides is 1. The molecule has 1 aliphatic carbocycles. The van der Waals surface area contributed by atoms with E-state index in [1.165, 1.54) is 12.1 Å². The van der Waals surface area contributed by atoms with Crippen LogP contribution in [0.4, 0.5) is 0 Å². The first kappa shape index (κ1) is 26.3. The van der Waals surface area contributed by atoms with Crippen LogP contribution in [-0.4, -0.2) is 37.2 Å². The van der Waals surface area contributed by atoms with Crippen molar-refractivity contribution in [1.29, 1.82) is 0 Å². The zero-order chi connectivity index (χ0) is 27.7. The second kappa shape index (κ2) is 10.5.